The lowest BCUT2D eigenvalue weighted by Crippen LogP contribution is -2.45. The Morgan fingerprint density at radius 3 is 2.37 bits per heavy atom. The number of carbonyl (C=O) groups is 1. The third-order valence-electron chi connectivity index (χ3n) is 4.81. The summed E-state index contributed by atoms with van der Waals surface area (Å²) in [7, 11) is -4.35. The Balaban J connectivity index is 1.92. The van der Waals surface area contributed by atoms with E-state index < -0.39 is 62.4 Å². The average Bonchev–Trinajstić information content (AvgIpc) is 2.72. The minimum Gasteiger partial charge on any atom is -0.395 e. The van der Waals surface area contributed by atoms with Crippen LogP contribution in [0.25, 0.3) is 0 Å². The third-order valence-corrected chi connectivity index (χ3v) is 6.77. The normalized spacial score (nSPS) is 17.7. The van der Waals surface area contributed by atoms with Crippen molar-refractivity contribution in [2.24, 2.45) is 0 Å². The maximum atomic E-state index is 14.4. The van der Waals surface area contributed by atoms with E-state index in [4.69, 9.17) is 0 Å². The Bertz CT molecular complexity index is 1060. The van der Waals surface area contributed by atoms with Crippen LogP contribution in [0.5, 0.6) is 0 Å². The number of benzene rings is 2. The predicted octanol–water partition coefficient (Wildman–Crippen LogP) is 3.03. The van der Waals surface area contributed by atoms with Gasteiger partial charge in [-0.15, -0.1) is 0 Å². The molecular weight excluding hydrogens is 428 g/mol. The number of nitrogens with zero attached hydrogens (tertiary/aromatic N) is 1. The van der Waals surface area contributed by atoms with Gasteiger partial charge in [0.15, 0.2) is 17.5 Å². The first-order valence-electron chi connectivity index (χ1n) is 9.03. The Labute approximate surface area is 170 Å². The lowest BCUT2D eigenvalue weighted by molar-refractivity contribution is 0.102. The lowest BCUT2D eigenvalue weighted by Gasteiger charge is -2.33. The molecule has 6 nitrogen and oxygen atoms in total. The standard InChI is InChI=1S/C19H18F4N2O4S/c20-14-5-4-11(19(27)24-12-8-15(21)18(23)16(22)9-12)7-17(14)30(28,29)25-6-2-1-3-13(25)10-26/h4-5,7-9,13,26H,1-3,6,10H2,(H,24,27). The summed E-state index contributed by atoms with van der Waals surface area (Å²) in [6.07, 6.45) is 1.67. The number of amides is 1. The predicted molar refractivity (Wildman–Crippen MR) is 99.3 cm³/mol. The van der Waals surface area contributed by atoms with Crippen molar-refractivity contribution in [1.29, 1.82) is 0 Å². The van der Waals surface area contributed by atoms with Gasteiger partial charge in [0.25, 0.3) is 5.91 Å². The van der Waals surface area contributed by atoms with E-state index in [1.165, 1.54) is 0 Å². The Kier molecular flexibility index (Phi) is 6.44. The van der Waals surface area contributed by atoms with Crippen molar-refractivity contribution in [3.8, 4) is 0 Å². The van der Waals surface area contributed by atoms with Gasteiger partial charge < -0.3 is 10.4 Å². The average molecular weight is 446 g/mol. The molecule has 0 spiro atoms. The van der Waals surface area contributed by atoms with Crippen LogP contribution in [0.3, 0.4) is 0 Å². The summed E-state index contributed by atoms with van der Waals surface area (Å²) in [5.74, 6) is -6.81. The van der Waals surface area contributed by atoms with Crippen molar-refractivity contribution in [2.45, 2.75) is 30.2 Å². The molecule has 1 aliphatic heterocycles. The molecule has 1 fully saturated rings. The number of carbonyl (C=O) groups excluding carboxylic acids is 1. The van der Waals surface area contributed by atoms with E-state index in [1.54, 1.807) is 0 Å². The van der Waals surface area contributed by atoms with Crippen LogP contribution in [0.2, 0.25) is 0 Å². The molecule has 0 aliphatic carbocycles. The number of piperidine rings is 1. The van der Waals surface area contributed by atoms with Crippen LogP contribution < -0.4 is 5.32 Å². The molecule has 0 radical (unpaired) electrons. The molecule has 1 atom stereocenters. The molecule has 1 saturated heterocycles. The quantitative estimate of drug-likeness (QED) is 0.546. The lowest BCUT2D eigenvalue weighted by atomic mass is 10.1. The van der Waals surface area contributed by atoms with Gasteiger partial charge >= 0.3 is 0 Å². The second-order valence-electron chi connectivity index (χ2n) is 6.80. The van der Waals surface area contributed by atoms with Gasteiger partial charge in [0.05, 0.1) is 6.61 Å². The number of rotatable bonds is 5. The molecule has 3 rings (SSSR count). The molecule has 11 heteroatoms. The van der Waals surface area contributed by atoms with Crippen molar-refractivity contribution in [1.82, 2.24) is 4.31 Å². The van der Waals surface area contributed by atoms with Crippen LogP contribution in [0.15, 0.2) is 35.2 Å². The maximum absolute atomic E-state index is 14.4. The first kappa shape index (κ1) is 22.2. The van der Waals surface area contributed by atoms with Gasteiger partial charge in [0.2, 0.25) is 10.0 Å². The van der Waals surface area contributed by atoms with Crippen LogP contribution in [0.4, 0.5) is 23.2 Å². The van der Waals surface area contributed by atoms with Gasteiger partial charge in [-0.1, -0.05) is 6.42 Å². The highest BCUT2D eigenvalue weighted by Crippen LogP contribution is 2.28. The zero-order valence-corrected chi connectivity index (χ0v) is 16.4. The van der Waals surface area contributed by atoms with E-state index in [-0.39, 0.29) is 12.1 Å². The van der Waals surface area contributed by atoms with Crippen molar-refractivity contribution < 1.29 is 35.9 Å². The Morgan fingerprint density at radius 1 is 1.07 bits per heavy atom. The number of nitrogens with one attached hydrogen (secondary N) is 1. The summed E-state index contributed by atoms with van der Waals surface area (Å²) in [4.78, 5) is 11.6. The number of aliphatic hydroxyl groups excluding tert-OH is 1. The van der Waals surface area contributed by atoms with E-state index in [9.17, 15) is 35.9 Å². The summed E-state index contributed by atoms with van der Waals surface area (Å²) in [5, 5.41) is 11.6. The van der Waals surface area contributed by atoms with Crippen LogP contribution in [-0.2, 0) is 10.0 Å². The van der Waals surface area contributed by atoms with Gasteiger partial charge in [-0.25, -0.2) is 26.0 Å². The molecule has 1 aliphatic rings. The largest absolute Gasteiger partial charge is 0.395 e. The van der Waals surface area contributed by atoms with Crippen molar-refractivity contribution in [3.63, 3.8) is 0 Å². The highest BCUT2D eigenvalue weighted by atomic mass is 32.2. The molecule has 2 aromatic rings. The van der Waals surface area contributed by atoms with Gasteiger partial charge in [0.1, 0.15) is 10.7 Å². The number of aliphatic hydroxyl groups is 1. The molecule has 2 aromatic carbocycles. The molecule has 162 valence electrons. The molecule has 0 bridgehead atoms. The number of halogens is 4. The highest BCUT2D eigenvalue weighted by molar-refractivity contribution is 7.89. The van der Waals surface area contributed by atoms with Crippen LogP contribution in [0, 0.1) is 23.3 Å². The van der Waals surface area contributed by atoms with Crippen molar-refractivity contribution in [2.75, 3.05) is 18.5 Å². The van der Waals surface area contributed by atoms with E-state index in [2.05, 4.69) is 5.32 Å². The van der Waals surface area contributed by atoms with E-state index in [1.807, 2.05) is 0 Å². The molecular formula is C19H18F4N2O4S. The van der Waals surface area contributed by atoms with E-state index >= 15 is 0 Å². The number of hydrogen-bond acceptors (Lipinski definition) is 4. The topological polar surface area (TPSA) is 86.7 Å². The summed E-state index contributed by atoms with van der Waals surface area (Å²) in [6, 6.07) is 2.99. The molecule has 2 N–H and O–H groups in total. The van der Waals surface area contributed by atoms with Crippen LogP contribution in [-0.4, -0.2) is 42.9 Å². The fraction of sp³-hybridized carbons (Fsp3) is 0.316. The van der Waals surface area contributed by atoms with Crippen LogP contribution >= 0.6 is 0 Å². The molecule has 30 heavy (non-hydrogen) atoms. The Hall–Kier alpha value is -2.50. The van der Waals surface area contributed by atoms with Crippen LogP contribution in [0.1, 0.15) is 29.6 Å². The second-order valence-corrected chi connectivity index (χ2v) is 8.66. The van der Waals surface area contributed by atoms with Gasteiger partial charge in [-0.3, -0.25) is 4.79 Å². The SMILES string of the molecule is O=C(Nc1cc(F)c(F)c(F)c1)c1ccc(F)c(S(=O)(=O)N2CCCCC2CO)c1. The molecule has 1 unspecified atom stereocenters. The van der Waals surface area contributed by atoms with Crippen molar-refractivity contribution >= 4 is 21.6 Å². The zero-order valence-electron chi connectivity index (χ0n) is 15.5. The molecule has 0 saturated carbocycles. The summed E-state index contributed by atoms with van der Waals surface area (Å²) < 4.78 is 80.9. The maximum Gasteiger partial charge on any atom is 0.255 e. The fourth-order valence-electron chi connectivity index (χ4n) is 3.27. The minimum atomic E-state index is -4.35. The molecule has 1 heterocycles. The molecule has 0 aromatic heterocycles. The van der Waals surface area contributed by atoms with Gasteiger partial charge in [0, 0.05) is 36.0 Å². The summed E-state index contributed by atoms with van der Waals surface area (Å²) >= 11 is 0. The monoisotopic (exact) mass is 446 g/mol. The first-order chi connectivity index (χ1) is 14.1. The van der Waals surface area contributed by atoms with Gasteiger partial charge in [-0.2, -0.15) is 4.31 Å². The summed E-state index contributed by atoms with van der Waals surface area (Å²) in [5.41, 5.74) is -0.695. The first-order valence-corrected chi connectivity index (χ1v) is 10.5. The Morgan fingerprint density at radius 2 is 1.73 bits per heavy atom. The number of anilines is 1. The number of sulfonamides is 1. The fourth-order valence-corrected chi connectivity index (χ4v) is 5.05. The van der Waals surface area contributed by atoms with Crippen molar-refractivity contribution in [3.05, 3.63) is 59.2 Å². The van der Waals surface area contributed by atoms with E-state index in [0.717, 1.165) is 22.5 Å². The zero-order chi connectivity index (χ0) is 22.1. The number of hydrogen-bond donors (Lipinski definition) is 2. The van der Waals surface area contributed by atoms with Gasteiger partial charge in [-0.05, 0) is 31.0 Å². The van der Waals surface area contributed by atoms with E-state index in [0.29, 0.717) is 31.4 Å². The second kappa shape index (κ2) is 8.70. The molecule has 1 amide bonds. The highest BCUT2D eigenvalue weighted by Gasteiger charge is 2.35. The third kappa shape index (κ3) is 4.32. The summed E-state index contributed by atoms with van der Waals surface area (Å²) in [6.45, 7) is -0.333. The minimum absolute atomic E-state index is 0.0948. The smallest absolute Gasteiger partial charge is 0.255 e.